The highest BCUT2D eigenvalue weighted by molar-refractivity contribution is 5.98. The van der Waals surface area contributed by atoms with Crippen LogP contribution in [0.4, 0.5) is 0 Å². The Morgan fingerprint density at radius 1 is 1.11 bits per heavy atom. The first-order valence-electron chi connectivity index (χ1n) is 6.49. The lowest BCUT2D eigenvalue weighted by atomic mass is 9.74. The zero-order valence-electron chi connectivity index (χ0n) is 11.3. The standard InChI is InChI=1S/C15H20O4/c1-3-11(12-8-6-5-7-9-12)10-15(4-2,13(16)17)14(18)19/h5-9,11H,3-4,10H2,1-2H3,(H,16,17)(H,18,19). The van der Waals surface area contributed by atoms with E-state index in [0.29, 0.717) is 6.42 Å². The maximum Gasteiger partial charge on any atom is 0.321 e. The van der Waals surface area contributed by atoms with E-state index in [4.69, 9.17) is 0 Å². The minimum absolute atomic E-state index is 0.0617. The summed E-state index contributed by atoms with van der Waals surface area (Å²) in [6.45, 7) is 3.56. The van der Waals surface area contributed by atoms with E-state index in [2.05, 4.69) is 0 Å². The van der Waals surface area contributed by atoms with Gasteiger partial charge in [0.25, 0.3) is 0 Å². The second kappa shape index (κ2) is 6.36. The summed E-state index contributed by atoms with van der Waals surface area (Å²) < 4.78 is 0. The van der Waals surface area contributed by atoms with Gasteiger partial charge >= 0.3 is 11.9 Å². The van der Waals surface area contributed by atoms with Gasteiger partial charge in [-0.1, -0.05) is 44.2 Å². The van der Waals surface area contributed by atoms with Gasteiger partial charge in [-0.25, -0.2) is 0 Å². The molecule has 0 amide bonds. The second-order valence-electron chi connectivity index (χ2n) is 4.77. The summed E-state index contributed by atoms with van der Waals surface area (Å²) in [6.07, 6.45) is 0.919. The molecule has 1 aromatic carbocycles. The van der Waals surface area contributed by atoms with Crippen LogP contribution < -0.4 is 0 Å². The van der Waals surface area contributed by atoms with Gasteiger partial charge in [0.2, 0.25) is 0 Å². The minimum atomic E-state index is -1.70. The Morgan fingerprint density at radius 3 is 2.00 bits per heavy atom. The Bertz CT molecular complexity index is 425. The van der Waals surface area contributed by atoms with Crippen LogP contribution in [0.15, 0.2) is 30.3 Å². The highest BCUT2D eigenvalue weighted by atomic mass is 16.4. The normalized spacial score (nSPS) is 12.9. The first-order chi connectivity index (χ1) is 8.97. The molecule has 0 aliphatic rings. The monoisotopic (exact) mass is 264 g/mol. The fraction of sp³-hybridized carbons (Fsp3) is 0.467. The van der Waals surface area contributed by atoms with Crippen molar-refractivity contribution in [2.75, 3.05) is 0 Å². The lowest BCUT2D eigenvalue weighted by Gasteiger charge is -2.28. The molecule has 104 valence electrons. The van der Waals surface area contributed by atoms with Crippen LogP contribution in [-0.4, -0.2) is 22.2 Å². The molecule has 0 fully saturated rings. The van der Waals surface area contributed by atoms with Gasteiger partial charge in [0, 0.05) is 0 Å². The smallest absolute Gasteiger partial charge is 0.321 e. The van der Waals surface area contributed by atoms with E-state index in [0.717, 1.165) is 5.56 Å². The van der Waals surface area contributed by atoms with Crippen molar-refractivity contribution >= 4 is 11.9 Å². The molecule has 0 aliphatic carbocycles. The zero-order valence-corrected chi connectivity index (χ0v) is 11.3. The van der Waals surface area contributed by atoms with E-state index in [1.807, 2.05) is 37.3 Å². The molecule has 4 nitrogen and oxygen atoms in total. The Hall–Kier alpha value is -1.84. The fourth-order valence-corrected chi connectivity index (χ4v) is 2.36. The first-order valence-corrected chi connectivity index (χ1v) is 6.49. The lowest BCUT2D eigenvalue weighted by molar-refractivity contribution is -0.166. The molecule has 4 heteroatoms. The summed E-state index contributed by atoms with van der Waals surface area (Å²) >= 11 is 0. The number of carbonyl (C=O) groups is 2. The zero-order chi connectivity index (χ0) is 14.5. The molecule has 1 aromatic rings. The topological polar surface area (TPSA) is 74.6 Å². The second-order valence-corrected chi connectivity index (χ2v) is 4.77. The maximum atomic E-state index is 11.4. The summed E-state index contributed by atoms with van der Waals surface area (Å²) in [7, 11) is 0. The van der Waals surface area contributed by atoms with E-state index >= 15 is 0 Å². The van der Waals surface area contributed by atoms with Gasteiger partial charge in [0.1, 0.15) is 0 Å². The first kappa shape index (κ1) is 15.2. The molecule has 0 saturated heterocycles. The number of benzene rings is 1. The maximum absolute atomic E-state index is 11.4. The number of hydrogen-bond acceptors (Lipinski definition) is 2. The van der Waals surface area contributed by atoms with Crippen LogP contribution in [0.5, 0.6) is 0 Å². The molecule has 0 aromatic heterocycles. The predicted octanol–water partition coefficient (Wildman–Crippen LogP) is 3.14. The predicted molar refractivity (Wildman–Crippen MR) is 72.1 cm³/mol. The van der Waals surface area contributed by atoms with Crippen LogP contribution in [0.25, 0.3) is 0 Å². The number of carboxylic acid groups (broad SMARTS) is 2. The Labute approximate surface area is 113 Å². The number of aliphatic carboxylic acids is 2. The number of rotatable bonds is 7. The van der Waals surface area contributed by atoms with Crippen molar-refractivity contribution in [3.8, 4) is 0 Å². The largest absolute Gasteiger partial charge is 0.480 e. The molecule has 1 unspecified atom stereocenters. The average Bonchev–Trinajstić information content (AvgIpc) is 2.40. The van der Waals surface area contributed by atoms with Gasteiger partial charge in [-0.3, -0.25) is 9.59 Å². The van der Waals surface area contributed by atoms with E-state index in [1.54, 1.807) is 6.92 Å². The molecular weight excluding hydrogens is 244 g/mol. The Kier molecular flexibility index (Phi) is 5.10. The average molecular weight is 264 g/mol. The molecule has 0 spiro atoms. The van der Waals surface area contributed by atoms with Crippen LogP contribution in [0.2, 0.25) is 0 Å². The molecule has 0 radical (unpaired) electrons. The van der Waals surface area contributed by atoms with Gasteiger partial charge < -0.3 is 10.2 Å². The SMILES string of the molecule is CCC(CC(CC)(C(=O)O)C(=O)O)c1ccccc1. The van der Waals surface area contributed by atoms with E-state index in [-0.39, 0.29) is 18.8 Å². The highest BCUT2D eigenvalue weighted by Crippen LogP contribution is 2.37. The van der Waals surface area contributed by atoms with Crippen molar-refractivity contribution in [3.63, 3.8) is 0 Å². The Balaban J connectivity index is 3.07. The summed E-state index contributed by atoms with van der Waals surface area (Å²) in [5.41, 5.74) is -0.707. The third kappa shape index (κ3) is 3.13. The molecule has 1 rings (SSSR count). The molecule has 19 heavy (non-hydrogen) atoms. The van der Waals surface area contributed by atoms with E-state index in [9.17, 15) is 19.8 Å². The Morgan fingerprint density at radius 2 is 1.63 bits per heavy atom. The molecule has 1 atom stereocenters. The minimum Gasteiger partial charge on any atom is -0.480 e. The summed E-state index contributed by atoms with van der Waals surface area (Å²) in [5, 5.41) is 18.6. The van der Waals surface area contributed by atoms with Crippen LogP contribution in [-0.2, 0) is 9.59 Å². The number of hydrogen-bond donors (Lipinski definition) is 2. The number of carboxylic acids is 2. The van der Waals surface area contributed by atoms with Gasteiger partial charge in [-0.15, -0.1) is 0 Å². The molecule has 0 saturated carbocycles. The van der Waals surface area contributed by atoms with Gasteiger partial charge in [-0.05, 0) is 30.7 Å². The summed E-state index contributed by atoms with van der Waals surface area (Å²) in [5.74, 6) is -2.57. The highest BCUT2D eigenvalue weighted by Gasteiger charge is 2.46. The van der Waals surface area contributed by atoms with Crippen LogP contribution in [0.3, 0.4) is 0 Å². The van der Waals surface area contributed by atoms with E-state index in [1.165, 1.54) is 0 Å². The molecule has 2 N–H and O–H groups in total. The van der Waals surface area contributed by atoms with Crippen molar-refractivity contribution < 1.29 is 19.8 Å². The van der Waals surface area contributed by atoms with Crippen molar-refractivity contribution in [2.45, 2.75) is 39.0 Å². The summed E-state index contributed by atoms with van der Waals surface area (Å²) in [4.78, 5) is 22.8. The quantitative estimate of drug-likeness (QED) is 0.742. The lowest BCUT2D eigenvalue weighted by Crippen LogP contribution is -2.40. The van der Waals surface area contributed by atoms with Crippen LogP contribution in [0.1, 0.15) is 44.6 Å². The van der Waals surface area contributed by atoms with Gasteiger partial charge in [0.15, 0.2) is 5.41 Å². The fourth-order valence-electron chi connectivity index (χ4n) is 2.36. The summed E-state index contributed by atoms with van der Waals surface area (Å²) in [6, 6.07) is 9.48. The van der Waals surface area contributed by atoms with Crippen molar-refractivity contribution in [1.82, 2.24) is 0 Å². The van der Waals surface area contributed by atoms with Crippen molar-refractivity contribution in [2.24, 2.45) is 5.41 Å². The van der Waals surface area contributed by atoms with Gasteiger partial charge in [0.05, 0.1) is 0 Å². The van der Waals surface area contributed by atoms with Crippen LogP contribution >= 0.6 is 0 Å². The van der Waals surface area contributed by atoms with E-state index < -0.39 is 17.4 Å². The van der Waals surface area contributed by atoms with Crippen LogP contribution in [0, 0.1) is 5.41 Å². The molecular formula is C15H20O4. The molecule has 0 heterocycles. The third-order valence-corrected chi connectivity index (χ3v) is 3.78. The van der Waals surface area contributed by atoms with Crippen molar-refractivity contribution in [1.29, 1.82) is 0 Å². The molecule has 0 aliphatic heterocycles. The third-order valence-electron chi connectivity index (χ3n) is 3.78. The van der Waals surface area contributed by atoms with Gasteiger partial charge in [-0.2, -0.15) is 0 Å². The molecule has 0 bridgehead atoms. The van der Waals surface area contributed by atoms with Crippen molar-refractivity contribution in [3.05, 3.63) is 35.9 Å².